The van der Waals surface area contributed by atoms with E-state index in [1.807, 2.05) is 0 Å². The largest absolute Gasteiger partial charge is 0.459 e. The molecule has 6 atom stereocenters. The first kappa shape index (κ1) is 35.3. The second kappa shape index (κ2) is 23.0. The summed E-state index contributed by atoms with van der Waals surface area (Å²) in [6.45, 7) is 1.70. The van der Waals surface area contributed by atoms with Crippen molar-refractivity contribution in [2.45, 2.75) is 179 Å². The third-order valence-electron chi connectivity index (χ3n) is 8.21. The molecule has 0 aliphatic heterocycles. The number of aliphatic hydroxyl groups is 5. The summed E-state index contributed by atoms with van der Waals surface area (Å²) in [5.41, 5.74) is 0. The molecule has 7 heteroatoms. The van der Waals surface area contributed by atoms with E-state index in [1.54, 1.807) is 0 Å². The minimum absolute atomic E-state index is 0.190. The van der Waals surface area contributed by atoms with Crippen molar-refractivity contribution >= 4 is 5.97 Å². The summed E-state index contributed by atoms with van der Waals surface area (Å²) in [7, 11) is 0. The normalized spacial score (nSPS) is 25.5. The van der Waals surface area contributed by atoms with E-state index >= 15 is 0 Å². The van der Waals surface area contributed by atoms with Crippen molar-refractivity contribution < 1.29 is 35.1 Å². The summed E-state index contributed by atoms with van der Waals surface area (Å²) in [6, 6.07) is 0. The van der Waals surface area contributed by atoms with Gasteiger partial charge < -0.3 is 30.3 Å². The maximum atomic E-state index is 12.2. The van der Waals surface area contributed by atoms with Gasteiger partial charge in [-0.05, 0) is 6.42 Å². The van der Waals surface area contributed by atoms with E-state index in [2.05, 4.69) is 6.92 Å². The Kier molecular flexibility index (Phi) is 21.4. The van der Waals surface area contributed by atoms with Crippen LogP contribution in [0.5, 0.6) is 0 Å². The number of rotatable bonds is 24. The summed E-state index contributed by atoms with van der Waals surface area (Å²) < 4.78 is 5.26. The lowest BCUT2D eigenvalue weighted by molar-refractivity contribution is -0.222. The highest BCUT2D eigenvalue weighted by Crippen LogP contribution is 2.29. The van der Waals surface area contributed by atoms with Crippen LogP contribution < -0.4 is 0 Å². The van der Waals surface area contributed by atoms with Gasteiger partial charge in [-0.2, -0.15) is 0 Å². The zero-order valence-electron chi connectivity index (χ0n) is 24.3. The number of hydrogen-bond acceptors (Lipinski definition) is 7. The zero-order chi connectivity index (χ0) is 28.0. The standard InChI is InChI=1S/C31H60O7/c1-2-3-4-5-6-7-8-9-10-11-12-13-14-15-16-17-18-19-20-21-22-23-26(33)38-31-25(24-32)27(34)28(35)29(36)30(31)37/h25,27-32,34-37H,2-24H2,1H3/t25-,27+,28-,29+,30-,31-/m1/s1. The van der Waals surface area contributed by atoms with Gasteiger partial charge in [0, 0.05) is 6.42 Å². The van der Waals surface area contributed by atoms with Crippen molar-refractivity contribution in [3.05, 3.63) is 0 Å². The third kappa shape index (κ3) is 15.2. The lowest BCUT2D eigenvalue weighted by atomic mass is 9.78. The molecule has 1 aliphatic rings. The molecule has 226 valence electrons. The van der Waals surface area contributed by atoms with Gasteiger partial charge in [0.15, 0.2) is 0 Å². The van der Waals surface area contributed by atoms with Gasteiger partial charge in [-0.3, -0.25) is 4.79 Å². The van der Waals surface area contributed by atoms with Crippen molar-refractivity contribution in [3.63, 3.8) is 0 Å². The second-order valence-electron chi connectivity index (χ2n) is 11.6. The topological polar surface area (TPSA) is 127 Å². The molecular formula is C31H60O7. The minimum Gasteiger partial charge on any atom is -0.459 e. The molecule has 1 saturated carbocycles. The van der Waals surface area contributed by atoms with Gasteiger partial charge in [0.05, 0.1) is 18.6 Å². The smallest absolute Gasteiger partial charge is 0.306 e. The van der Waals surface area contributed by atoms with Gasteiger partial charge in [-0.25, -0.2) is 0 Å². The van der Waals surface area contributed by atoms with Gasteiger partial charge in [0.2, 0.25) is 0 Å². The van der Waals surface area contributed by atoms with E-state index in [4.69, 9.17) is 4.74 Å². The number of carbonyl (C=O) groups is 1. The molecule has 5 N–H and O–H groups in total. The number of ether oxygens (including phenoxy) is 1. The maximum absolute atomic E-state index is 12.2. The molecule has 0 aromatic rings. The van der Waals surface area contributed by atoms with E-state index in [0.717, 1.165) is 19.3 Å². The molecule has 1 rings (SSSR count). The Balaban J connectivity index is 1.89. The molecular weight excluding hydrogens is 484 g/mol. The van der Waals surface area contributed by atoms with Gasteiger partial charge in [0.1, 0.15) is 24.4 Å². The molecule has 1 fully saturated rings. The molecule has 0 bridgehead atoms. The quantitative estimate of drug-likeness (QED) is 0.0794. The highest BCUT2D eigenvalue weighted by atomic mass is 16.6. The Morgan fingerprint density at radius 3 is 1.24 bits per heavy atom. The molecule has 0 saturated heterocycles. The summed E-state index contributed by atoms with van der Waals surface area (Å²) in [5, 5.41) is 49.2. The number of aliphatic hydroxyl groups excluding tert-OH is 5. The summed E-state index contributed by atoms with van der Waals surface area (Å²) in [4.78, 5) is 12.2. The van der Waals surface area contributed by atoms with Crippen LogP contribution in [0.3, 0.4) is 0 Å². The predicted octanol–water partition coefficient (Wildman–Crippen LogP) is 5.57. The molecule has 0 amide bonds. The average Bonchev–Trinajstić information content (AvgIpc) is 2.91. The first-order valence-corrected chi connectivity index (χ1v) is 16.0. The van der Waals surface area contributed by atoms with Crippen LogP contribution in [0.2, 0.25) is 0 Å². The number of esters is 1. The van der Waals surface area contributed by atoms with E-state index in [0.29, 0.717) is 6.42 Å². The zero-order valence-corrected chi connectivity index (χ0v) is 24.3. The number of carbonyl (C=O) groups excluding carboxylic acids is 1. The Hall–Kier alpha value is -0.730. The molecule has 1 aliphatic carbocycles. The molecule has 38 heavy (non-hydrogen) atoms. The highest BCUT2D eigenvalue weighted by Gasteiger charge is 2.50. The third-order valence-corrected chi connectivity index (χ3v) is 8.21. The Morgan fingerprint density at radius 2 is 0.868 bits per heavy atom. The average molecular weight is 545 g/mol. The Morgan fingerprint density at radius 1 is 0.526 bits per heavy atom. The first-order chi connectivity index (χ1) is 18.4. The van der Waals surface area contributed by atoms with Crippen molar-refractivity contribution in [1.82, 2.24) is 0 Å². The highest BCUT2D eigenvalue weighted by molar-refractivity contribution is 5.69. The molecule has 0 unspecified atom stereocenters. The van der Waals surface area contributed by atoms with E-state index < -0.39 is 49.0 Å². The van der Waals surface area contributed by atoms with Gasteiger partial charge in [-0.1, -0.05) is 135 Å². The van der Waals surface area contributed by atoms with Crippen LogP contribution in [-0.2, 0) is 9.53 Å². The lowest BCUT2D eigenvalue weighted by Gasteiger charge is -2.42. The molecule has 0 aromatic carbocycles. The van der Waals surface area contributed by atoms with E-state index in [9.17, 15) is 30.3 Å². The van der Waals surface area contributed by atoms with Crippen LogP contribution in [0.15, 0.2) is 0 Å². The van der Waals surface area contributed by atoms with Crippen LogP contribution in [0, 0.1) is 5.92 Å². The molecule has 0 radical (unpaired) electrons. The Labute approximate surface area is 232 Å². The van der Waals surface area contributed by atoms with Crippen LogP contribution in [0.1, 0.15) is 148 Å². The van der Waals surface area contributed by atoms with E-state index in [-0.39, 0.29) is 6.42 Å². The van der Waals surface area contributed by atoms with Gasteiger partial charge in [0.25, 0.3) is 0 Å². The van der Waals surface area contributed by atoms with Crippen LogP contribution in [-0.4, -0.2) is 68.6 Å². The number of hydrogen-bond donors (Lipinski definition) is 5. The van der Waals surface area contributed by atoms with Gasteiger partial charge >= 0.3 is 5.97 Å². The maximum Gasteiger partial charge on any atom is 0.306 e. The van der Waals surface area contributed by atoms with Crippen molar-refractivity contribution in [2.75, 3.05) is 6.61 Å². The van der Waals surface area contributed by atoms with Crippen LogP contribution in [0.4, 0.5) is 0 Å². The number of unbranched alkanes of at least 4 members (excludes halogenated alkanes) is 20. The SMILES string of the molecule is CCCCCCCCCCCCCCCCCCCCCCCC(=O)O[C@H]1[C@H](O)[C@@H](O)[C@H](O)[C@@H](O)[C@H]1CO. The monoisotopic (exact) mass is 544 g/mol. The minimum atomic E-state index is -1.63. The fourth-order valence-corrected chi connectivity index (χ4v) is 5.58. The lowest BCUT2D eigenvalue weighted by Crippen LogP contribution is -2.62. The van der Waals surface area contributed by atoms with E-state index in [1.165, 1.54) is 109 Å². The summed E-state index contributed by atoms with van der Waals surface area (Å²) in [6.07, 6.45) is 19.9. The molecule has 0 spiro atoms. The first-order valence-electron chi connectivity index (χ1n) is 16.0. The molecule has 0 aromatic heterocycles. The van der Waals surface area contributed by atoms with Crippen molar-refractivity contribution in [2.24, 2.45) is 5.92 Å². The summed E-state index contributed by atoms with van der Waals surface area (Å²) in [5.74, 6) is -1.56. The van der Waals surface area contributed by atoms with Crippen LogP contribution >= 0.6 is 0 Å². The summed E-state index contributed by atoms with van der Waals surface area (Å²) >= 11 is 0. The fraction of sp³-hybridized carbons (Fsp3) is 0.968. The Bertz CT molecular complexity index is 558. The van der Waals surface area contributed by atoms with Gasteiger partial charge in [-0.15, -0.1) is 0 Å². The van der Waals surface area contributed by atoms with Crippen molar-refractivity contribution in [3.8, 4) is 0 Å². The molecule has 7 nitrogen and oxygen atoms in total. The van der Waals surface area contributed by atoms with Crippen molar-refractivity contribution in [1.29, 1.82) is 0 Å². The second-order valence-corrected chi connectivity index (χ2v) is 11.6. The predicted molar refractivity (Wildman–Crippen MR) is 152 cm³/mol. The van der Waals surface area contributed by atoms with Crippen LogP contribution in [0.25, 0.3) is 0 Å². The molecule has 0 heterocycles. The fourth-order valence-electron chi connectivity index (χ4n) is 5.58.